The van der Waals surface area contributed by atoms with Crippen LogP contribution in [0.25, 0.3) is 0 Å². The molecule has 1 aliphatic rings. The minimum Gasteiger partial charge on any atom is -0.383 e. The van der Waals surface area contributed by atoms with Gasteiger partial charge in [0.05, 0.1) is 18.6 Å². The van der Waals surface area contributed by atoms with Crippen LogP contribution in [0.15, 0.2) is 0 Å². The van der Waals surface area contributed by atoms with E-state index in [1.807, 2.05) is 0 Å². The molecule has 0 spiro atoms. The smallest absolute Gasteiger partial charge is 0.383 e. The molecular formula is C12H21F3N2O2. The Morgan fingerprint density at radius 3 is 2.68 bits per heavy atom. The topological polar surface area (TPSA) is 64.3 Å². The number of alkyl halides is 3. The third kappa shape index (κ3) is 4.99. The number of amides is 1. The number of halogens is 3. The number of carbonyl (C=O) groups is 1. The fraction of sp³-hybridized carbons (Fsp3) is 0.917. The molecule has 0 radical (unpaired) electrons. The van der Waals surface area contributed by atoms with Gasteiger partial charge in [0.25, 0.3) is 0 Å². The van der Waals surface area contributed by atoms with Gasteiger partial charge in [0, 0.05) is 19.6 Å². The number of hydrogen-bond acceptors (Lipinski definition) is 3. The van der Waals surface area contributed by atoms with Crippen molar-refractivity contribution in [2.24, 2.45) is 17.6 Å². The Hall–Kier alpha value is -0.820. The van der Waals surface area contributed by atoms with Crippen molar-refractivity contribution in [1.82, 2.24) is 5.32 Å². The summed E-state index contributed by atoms with van der Waals surface area (Å²) < 4.78 is 42.9. The predicted octanol–water partition coefficient (Wildman–Crippen LogP) is 1.45. The van der Waals surface area contributed by atoms with Gasteiger partial charge in [-0.2, -0.15) is 13.2 Å². The van der Waals surface area contributed by atoms with E-state index in [1.54, 1.807) is 0 Å². The van der Waals surface area contributed by atoms with Gasteiger partial charge in [-0.3, -0.25) is 4.79 Å². The third-order valence-electron chi connectivity index (χ3n) is 3.51. The quantitative estimate of drug-likeness (QED) is 0.802. The van der Waals surface area contributed by atoms with E-state index in [2.05, 4.69) is 5.32 Å². The maximum absolute atomic E-state index is 12.7. The summed E-state index contributed by atoms with van der Waals surface area (Å²) in [5, 5.41) is 2.65. The number of ether oxygens (including phenoxy) is 1. The second-order valence-corrected chi connectivity index (χ2v) is 5.00. The summed E-state index contributed by atoms with van der Waals surface area (Å²) >= 11 is 0. The average molecular weight is 282 g/mol. The highest BCUT2D eigenvalue weighted by atomic mass is 19.4. The molecule has 0 aliphatic heterocycles. The molecule has 112 valence electrons. The molecule has 7 heteroatoms. The summed E-state index contributed by atoms with van der Waals surface area (Å²) in [5.41, 5.74) is 5.46. The lowest BCUT2D eigenvalue weighted by atomic mass is 9.80. The molecule has 4 nitrogen and oxygen atoms in total. The normalized spacial score (nSPS) is 25.9. The Kier molecular flexibility index (Phi) is 6.06. The maximum Gasteiger partial charge on any atom is 0.391 e. The van der Waals surface area contributed by atoms with Gasteiger partial charge in [0.15, 0.2) is 0 Å². The second kappa shape index (κ2) is 7.09. The molecule has 3 atom stereocenters. The van der Waals surface area contributed by atoms with Gasteiger partial charge in [0.1, 0.15) is 0 Å². The van der Waals surface area contributed by atoms with Gasteiger partial charge in [-0.15, -0.1) is 0 Å². The molecule has 3 N–H and O–H groups in total. The van der Waals surface area contributed by atoms with E-state index in [4.69, 9.17) is 10.5 Å². The summed E-state index contributed by atoms with van der Waals surface area (Å²) in [7, 11) is 1.48. The number of hydrogen-bond donors (Lipinski definition) is 2. The number of rotatable bonds is 5. The van der Waals surface area contributed by atoms with E-state index in [9.17, 15) is 18.0 Å². The van der Waals surface area contributed by atoms with Crippen molar-refractivity contribution in [3.8, 4) is 0 Å². The van der Waals surface area contributed by atoms with Crippen LogP contribution < -0.4 is 11.1 Å². The maximum atomic E-state index is 12.7. The van der Waals surface area contributed by atoms with Crippen LogP contribution in [0.1, 0.15) is 25.7 Å². The number of nitrogens with one attached hydrogen (secondary N) is 1. The molecule has 1 rings (SSSR count). The van der Waals surface area contributed by atoms with Crippen LogP contribution >= 0.6 is 0 Å². The van der Waals surface area contributed by atoms with Gasteiger partial charge in [-0.05, 0) is 19.3 Å². The van der Waals surface area contributed by atoms with E-state index in [0.29, 0.717) is 12.8 Å². The molecular weight excluding hydrogens is 261 g/mol. The third-order valence-corrected chi connectivity index (χ3v) is 3.51. The highest BCUT2D eigenvalue weighted by Gasteiger charge is 2.43. The Labute approximate surface area is 110 Å². The average Bonchev–Trinajstić information content (AvgIpc) is 2.37. The van der Waals surface area contributed by atoms with Crippen molar-refractivity contribution in [2.45, 2.75) is 37.9 Å². The van der Waals surface area contributed by atoms with Gasteiger partial charge >= 0.3 is 6.18 Å². The fourth-order valence-electron chi connectivity index (χ4n) is 2.41. The molecule has 1 amide bonds. The number of methoxy groups -OCH3 is 1. The summed E-state index contributed by atoms with van der Waals surface area (Å²) in [6.07, 6.45) is -3.29. The Balaban J connectivity index is 2.52. The van der Waals surface area contributed by atoms with Crippen molar-refractivity contribution in [1.29, 1.82) is 0 Å². The van der Waals surface area contributed by atoms with Gasteiger partial charge in [-0.25, -0.2) is 0 Å². The zero-order valence-corrected chi connectivity index (χ0v) is 11.0. The summed E-state index contributed by atoms with van der Waals surface area (Å²) in [6.45, 7) is 0.465. The molecule has 0 aromatic heterocycles. The van der Waals surface area contributed by atoms with Crippen LogP contribution in [-0.4, -0.2) is 38.4 Å². The molecule has 19 heavy (non-hydrogen) atoms. The van der Waals surface area contributed by atoms with E-state index in [-0.39, 0.29) is 37.9 Å². The van der Waals surface area contributed by atoms with Crippen LogP contribution in [-0.2, 0) is 9.53 Å². The van der Waals surface area contributed by atoms with Crippen molar-refractivity contribution in [3.05, 3.63) is 0 Å². The van der Waals surface area contributed by atoms with Gasteiger partial charge in [-0.1, -0.05) is 6.42 Å². The monoisotopic (exact) mass is 282 g/mol. The number of nitrogens with two attached hydrogens (primary N) is 1. The lowest BCUT2D eigenvalue weighted by Gasteiger charge is -2.30. The first-order valence-corrected chi connectivity index (χ1v) is 6.44. The SMILES string of the molecule is COCC(CN)NC(=O)C1CCCC(C(F)(F)F)C1. The molecule has 1 fully saturated rings. The van der Waals surface area contributed by atoms with Crippen molar-refractivity contribution in [3.63, 3.8) is 0 Å². The zero-order chi connectivity index (χ0) is 14.5. The molecule has 1 aliphatic carbocycles. The van der Waals surface area contributed by atoms with E-state index in [1.165, 1.54) is 7.11 Å². The molecule has 0 aromatic rings. The summed E-state index contributed by atoms with van der Waals surface area (Å²) in [6, 6.07) is -0.344. The lowest BCUT2D eigenvalue weighted by molar-refractivity contribution is -0.186. The lowest BCUT2D eigenvalue weighted by Crippen LogP contribution is -2.47. The number of carbonyl (C=O) groups excluding carboxylic acids is 1. The fourth-order valence-corrected chi connectivity index (χ4v) is 2.41. The van der Waals surface area contributed by atoms with Crippen LogP contribution in [0, 0.1) is 11.8 Å². The molecule has 0 heterocycles. The Morgan fingerprint density at radius 2 is 2.16 bits per heavy atom. The van der Waals surface area contributed by atoms with Gasteiger partial charge in [0.2, 0.25) is 5.91 Å². The first-order valence-electron chi connectivity index (χ1n) is 6.44. The van der Waals surface area contributed by atoms with E-state index in [0.717, 1.165) is 0 Å². The summed E-state index contributed by atoms with van der Waals surface area (Å²) in [5.74, 6) is -2.29. The van der Waals surface area contributed by atoms with E-state index >= 15 is 0 Å². The zero-order valence-electron chi connectivity index (χ0n) is 11.0. The van der Waals surface area contributed by atoms with Crippen molar-refractivity contribution in [2.75, 3.05) is 20.3 Å². The molecule has 3 unspecified atom stereocenters. The molecule has 0 saturated heterocycles. The highest BCUT2D eigenvalue weighted by molar-refractivity contribution is 5.79. The second-order valence-electron chi connectivity index (χ2n) is 5.00. The first kappa shape index (κ1) is 16.2. The Bertz CT molecular complexity index is 297. The molecule has 0 aromatic carbocycles. The molecule has 0 bridgehead atoms. The highest BCUT2D eigenvalue weighted by Crippen LogP contribution is 2.39. The van der Waals surface area contributed by atoms with Crippen molar-refractivity contribution >= 4 is 5.91 Å². The first-order chi connectivity index (χ1) is 8.88. The summed E-state index contributed by atoms with van der Waals surface area (Å²) in [4.78, 5) is 11.9. The largest absolute Gasteiger partial charge is 0.391 e. The predicted molar refractivity (Wildman–Crippen MR) is 64.4 cm³/mol. The van der Waals surface area contributed by atoms with Crippen LogP contribution in [0.2, 0.25) is 0 Å². The Morgan fingerprint density at radius 1 is 1.47 bits per heavy atom. The van der Waals surface area contributed by atoms with Gasteiger partial charge < -0.3 is 15.8 Å². The standard InChI is InChI=1S/C12H21F3N2O2/c1-19-7-10(6-16)17-11(18)8-3-2-4-9(5-8)12(13,14)15/h8-10H,2-7,16H2,1H3,(H,17,18). The van der Waals surface area contributed by atoms with Crippen molar-refractivity contribution < 1.29 is 22.7 Å². The van der Waals surface area contributed by atoms with Crippen LogP contribution in [0.3, 0.4) is 0 Å². The minimum absolute atomic E-state index is 0.117. The van der Waals surface area contributed by atoms with Crippen LogP contribution in [0.4, 0.5) is 13.2 Å². The van der Waals surface area contributed by atoms with E-state index < -0.39 is 18.0 Å². The minimum atomic E-state index is -4.21. The molecule has 1 saturated carbocycles. The van der Waals surface area contributed by atoms with Crippen LogP contribution in [0.5, 0.6) is 0 Å².